The Bertz CT molecular complexity index is 1000. The van der Waals surface area contributed by atoms with Gasteiger partial charge in [0.1, 0.15) is 11.4 Å². The second kappa shape index (κ2) is 8.33. The summed E-state index contributed by atoms with van der Waals surface area (Å²) in [4.78, 5) is 18.4. The second-order valence-electron chi connectivity index (χ2n) is 8.57. The number of ether oxygens (including phenoxy) is 1. The van der Waals surface area contributed by atoms with Crippen LogP contribution in [0.3, 0.4) is 0 Å². The Hall–Kier alpha value is -2.29. The Kier molecular flexibility index (Phi) is 6.28. The van der Waals surface area contributed by atoms with Crippen molar-refractivity contribution in [3.63, 3.8) is 0 Å². The van der Waals surface area contributed by atoms with Crippen molar-refractivity contribution in [3.05, 3.63) is 51.1 Å². The van der Waals surface area contributed by atoms with Gasteiger partial charge in [0.25, 0.3) is 0 Å². The zero-order valence-electron chi connectivity index (χ0n) is 18.0. The van der Waals surface area contributed by atoms with Crippen LogP contribution < -0.4 is 0 Å². The first-order chi connectivity index (χ1) is 14.3. The number of fused-ring (bicyclic) bond motifs is 1. The van der Waals surface area contributed by atoms with E-state index in [9.17, 15) is 22.4 Å². The molecule has 3 rings (SSSR count). The van der Waals surface area contributed by atoms with E-state index in [1.54, 1.807) is 27.7 Å². The van der Waals surface area contributed by atoms with Gasteiger partial charge < -0.3 is 9.30 Å². The summed E-state index contributed by atoms with van der Waals surface area (Å²) in [6, 6.07) is -0.747. The van der Waals surface area contributed by atoms with Gasteiger partial charge in [-0.3, -0.25) is 4.90 Å². The predicted octanol–water partition coefficient (Wildman–Crippen LogP) is 5.63. The Morgan fingerprint density at radius 3 is 2.23 bits per heavy atom. The largest absolute Gasteiger partial charge is 0.444 e. The highest BCUT2D eigenvalue weighted by molar-refractivity contribution is 6.30. The van der Waals surface area contributed by atoms with Crippen molar-refractivity contribution < 1.29 is 27.1 Å². The second-order valence-corrected chi connectivity index (χ2v) is 8.93. The maximum atomic E-state index is 14.4. The van der Waals surface area contributed by atoms with E-state index in [4.69, 9.17) is 16.3 Å². The van der Waals surface area contributed by atoms with Crippen LogP contribution in [0, 0.1) is 37.1 Å². The minimum Gasteiger partial charge on any atom is -0.444 e. The Morgan fingerprint density at radius 1 is 1.10 bits per heavy atom. The lowest BCUT2D eigenvalue weighted by atomic mass is 9.98. The van der Waals surface area contributed by atoms with Crippen molar-refractivity contribution >= 4 is 17.7 Å². The van der Waals surface area contributed by atoms with Gasteiger partial charge in [-0.1, -0.05) is 11.6 Å². The molecule has 1 aliphatic heterocycles. The van der Waals surface area contributed by atoms with Gasteiger partial charge in [-0.25, -0.2) is 27.3 Å². The molecule has 0 spiro atoms. The molecule has 10 heteroatoms. The third-order valence-electron chi connectivity index (χ3n) is 5.28. The summed E-state index contributed by atoms with van der Waals surface area (Å²) < 4.78 is 64.0. The zero-order valence-corrected chi connectivity index (χ0v) is 18.7. The lowest BCUT2D eigenvalue weighted by Crippen LogP contribution is -2.45. The number of rotatable bonds is 3. The number of benzene rings is 1. The fraction of sp³-hybridized carbons (Fsp3) is 0.524. The van der Waals surface area contributed by atoms with Gasteiger partial charge in [-0.15, -0.1) is 0 Å². The molecule has 5 nitrogen and oxygen atoms in total. The maximum absolute atomic E-state index is 14.4. The number of aryl methyl sites for hydroxylation is 1. The van der Waals surface area contributed by atoms with Crippen LogP contribution in [0.1, 0.15) is 55.9 Å². The molecule has 31 heavy (non-hydrogen) atoms. The molecule has 1 atom stereocenters. The molecule has 1 aromatic carbocycles. The van der Waals surface area contributed by atoms with Gasteiger partial charge in [0.15, 0.2) is 28.4 Å². The SMILES string of the molecule is Cc1c(F)c(F)c(CCC2c3c(Cl)nc(C)n3CCN2C(=O)OC(C)(C)C)c(F)c1F. The fourth-order valence-corrected chi connectivity index (χ4v) is 4.13. The van der Waals surface area contributed by atoms with Crippen LogP contribution in [-0.2, 0) is 17.7 Å². The number of imidazole rings is 1. The molecule has 1 unspecified atom stereocenters. The molecule has 1 amide bonds. The first kappa shape index (κ1) is 23.4. The van der Waals surface area contributed by atoms with E-state index in [0.29, 0.717) is 18.1 Å². The maximum Gasteiger partial charge on any atom is 0.410 e. The predicted molar refractivity (Wildman–Crippen MR) is 107 cm³/mol. The third-order valence-corrected chi connectivity index (χ3v) is 5.56. The summed E-state index contributed by atoms with van der Waals surface area (Å²) in [5.74, 6) is -5.11. The topological polar surface area (TPSA) is 47.4 Å². The van der Waals surface area contributed by atoms with Crippen LogP contribution in [0.5, 0.6) is 0 Å². The van der Waals surface area contributed by atoms with Crippen LogP contribution in [0.15, 0.2) is 0 Å². The zero-order chi connectivity index (χ0) is 23.2. The smallest absolute Gasteiger partial charge is 0.410 e. The van der Waals surface area contributed by atoms with Crippen molar-refractivity contribution in [2.24, 2.45) is 0 Å². The normalized spacial score (nSPS) is 16.5. The highest BCUT2D eigenvalue weighted by Crippen LogP contribution is 2.37. The number of carbonyl (C=O) groups excluding carboxylic acids is 1. The number of halogens is 5. The van der Waals surface area contributed by atoms with Gasteiger partial charge in [0.2, 0.25) is 0 Å². The molecular formula is C21H24ClF4N3O2. The summed E-state index contributed by atoms with van der Waals surface area (Å²) in [5.41, 5.74) is -1.71. The Balaban J connectivity index is 1.99. The Labute approximate surface area is 183 Å². The summed E-state index contributed by atoms with van der Waals surface area (Å²) in [6.45, 7) is 8.52. The summed E-state index contributed by atoms with van der Waals surface area (Å²) >= 11 is 6.30. The number of hydrogen-bond acceptors (Lipinski definition) is 3. The molecule has 0 radical (unpaired) electrons. The van der Waals surface area contributed by atoms with Gasteiger partial charge in [0, 0.05) is 24.2 Å². The first-order valence-corrected chi connectivity index (χ1v) is 10.2. The molecule has 2 aromatic rings. The van der Waals surface area contributed by atoms with Gasteiger partial charge in [0.05, 0.1) is 11.7 Å². The van der Waals surface area contributed by atoms with Crippen molar-refractivity contribution in [1.82, 2.24) is 14.5 Å². The van der Waals surface area contributed by atoms with E-state index in [1.807, 2.05) is 4.57 Å². The van der Waals surface area contributed by atoms with Crippen LogP contribution >= 0.6 is 11.6 Å². The number of carbonyl (C=O) groups is 1. The summed E-state index contributed by atoms with van der Waals surface area (Å²) in [6.07, 6.45) is -1.03. The monoisotopic (exact) mass is 461 g/mol. The molecule has 0 aliphatic carbocycles. The van der Waals surface area contributed by atoms with Crippen molar-refractivity contribution in [3.8, 4) is 0 Å². The molecule has 170 valence electrons. The minimum atomic E-state index is -1.44. The lowest BCUT2D eigenvalue weighted by Gasteiger charge is -2.38. The van der Waals surface area contributed by atoms with Crippen LogP contribution in [0.2, 0.25) is 5.15 Å². The molecule has 2 heterocycles. The molecule has 0 fully saturated rings. The van der Waals surface area contributed by atoms with Crippen LogP contribution in [0.4, 0.5) is 22.4 Å². The average molecular weight is 462 g/mol. The van der Waals surface area contributed by atoms with E-state index in [0.717, 1.165) is 6.92 Å². The number of nitrogens with zero attached hydrogens (tertiary/aromatic N) is 3. The van der Waals surface area contributed by atoms with E-state index < -0.39 is 52.1 Å². The molecular weight excluding hydrogens is 438 g/mol. The quantitative estimate of drug-likeness (QED) is 0.439. The highest BCUT2D eigenvalue weighted by Gasteiger charge is 2.37. The number of amides is 1. The number of aromatic nitrogens is 2. The standard InChI is InChI=1S/C21H24ClF4N3O2/c1-10-14(23)16(25)12(17(26)15(10)24)6-7-13-18-19(22)27-11(2)28(18)8-9-29(13)20(30)31-21(3,4)5/h13H,6-9H2,1-5H3. The van der Waals surface area contributed by atoms with Gasteiger partial charge in [-0.05, 0) is 47.5 Å². The summed E-state index contributed by atoms with van der Waals surface area (Å²) in [7, 11) is 0. The average Bonchev–Trinajstić information content (AvgIpc) is 2.97. The third kappa shape index (κ3) is 4.37. The molecule has 1 aliphatic rings. The first-order valence-electron chi connectivity index (χ1n) is 9.87. The van der Waals surface area contributed by atoms with E-state index in [2.05, 4.69) is 4.98 Å². The van der Waals surface area contributed by atoms with Crippen molar-refractivity contribution in [2.45, 2.75) is 65.6 Å². The van der Waals surface area contributed by atoms with E-state index >= 15 is 0 Å². The van der Waals surface area contributed by atoms with Crippen LogP contribution in [0.25, 0.3) is 0 Å². The molecule has 0 saturated carbocycles. The van der Waals surface area contributed by atoms with E-state index in [1.165, 1.54) is 4.90 Å². The molecule has 0 bridgehead atoms. The van der Waals surface area contributed by atoms with Crippen molar-refractivity contribution in [1.29, 1.82) is 0 Å². The fourth-order valence-electron chi connectivity index (χ4n) is 3.78. The highest BCUT2D eigenvalue weighted by atomic mass is 35.5. The van der Waals surface area contributed by atoms with Crippen molar-refractivity contribution in [2.75, 3.05) is 6.54 Å². The van der Waals surface area contributed by atoms with E-state index in [-0.39, 0.29) is 24.5 Å². The molecule has 1 aromatic heterocycles. The summed E-state index contributed by atoms with van der Waals surface area (Å²) in [5, 5.41) is 0.151. The molecule has 0 saturated heterocycles. The molecule has 0 N–H and O–H groups in total. The number of hydrogen-bond donors (Lipinski definition) is 0. The minimum absolute atomic E-state index is 0.0418. The lowest BCUT2D eigenvalue weighted by molar-refractivity contribution is 0.00947. The Morgan fingerprint density at radius 2 is 1.68 bits per heavy atom. The van der Waals surface area contributed by atoms with Crippen LogP contribution in [-0.4, -0.2) is 32.7 Å². The van der Waals surface area contributed by atoms with Gasteiger partial charge in [-0.2, -0.15) is 0 Å². The van der Waals surface area contributed by atoms with Gasteiger partial charge >= 0.3 is 6.09 Å².